The third-order valence-electron chi connectivity index (χ3n) is 3.98. The van der Waals surface area contributed by atoms with E-state index in [4.69, 9.17) is 17.3 Å². The second kappa shape index (κ2) is 7.45. The van der Waals surface area contributed by atoms with Crippen LogP contribution < -0.4 is 16.4 Å². The maximum Gasteiger partial charge on any atom is 0.249 e. The molecule has 26 heavy (non-hydrogen) atoms. The van der Waals surface area contributed by atoms with Crippen LogP contribution >= 0.6 is 11.6 Å². The first-order chi connectivity index (χ1) is 12.4. The first-order valence-corrected chi connectivity index (χ1v) is 8.36. The Morgan fingerprint density at radius 1 is 1.27 bits per heavy atom. The summed E-state index contributed by atoms with van der Waals surface area (Å²) in [5.74, 6) is 0.846. The third-order valence-corrected chi connectivity index (χ3v) is 4.28. The summed E-state index contributed by atoms with van der Waals surface area (Å²) in [6, 6.07) is 10.9. The van der Waals surface area contributed by atoms with Gasteiger partial charge in [-0.3, -0.25) is 9.48 Å². The molecule has 0 aliphatic heterocycles. The van der Waals surface area contributed by atoms with Crippen molar-refractivity contribution in [3.05, 3.63) is 64.4 Å². The molecule has 0 atom stereocenters. The molecule has 3 rings (SSSR count). The summed E-state index contributed by atoms with van der Waals surface area (Å²) < 4.78 is 1.78. The molecule has 0 bridgehead atoms. The highest BCUT2D eigenvalue weighted by atomic mass is 35.5. The molecule has 7 nitrogen and oxygen atoms in total. The zero-order valence-corrected chi connectivity index (χ0v) is 15.2. The van der Waals surface area contributed by atoms with E-state index < -0.39 is 5.91 Å². The molecular weight excluding hydrogens is 352 g/mol. The Bertz CT molecular complexity index is 933. The molecule has 4 N–H and O–H groups in total. The Balaban J connectivity index is 1.77. The molecule has 0 unspecified atom stereocenters. The molecule has 0 radical (unpaired) electrons. The van der Waals surface area contributed by atoms with Crippen LogP contribution in [0.1, 0.15) is 21.6 Å². The minimum Gasteiger partial charge on any atom is -0.380 e. The predicted molar refractivity (Wildman–Crippen MR) is 103 cm³/mol. The topological polar surface area (TPSA) is 97.9 Å². The van der Waals surface area contributed by atoms with Gasteiger partial charge in [0.25, 0.3) is 0 Å². The van der Waals surface area contributed by atoms with Gasteiger partial charge in [0.1, 0.15) is 5.82 Å². The van der Waals surface area contributed by atoms with E-state index in [0.717, 1.165) is 11.3 Å². The zero-order chi connectivity index (χ0) is 18.7. The van der Waals surface area contributed by atoms with Crippen LogP contribution in [0.4, 0.5) is 17.3 Å². The van der Waals surface area contributed by atoms with Crippen molar-refractivity contribution in [2.75, 3.05) is 10.6 Å². The van der Waals surface area contributed by atoms with Gasteiger partial charge in [0.2, 0.25) is 5.91 Å². The Labute approximate surface area is 156 Å². The summed E-state index contributed by atoms with van der Waals surface area (Å²) in [6.45, 7) is 2.38. The fourth-order valence-corrected chi connectivity index (χ4v) is 2.67. The minimum absolute atomic E-state index is 0.408. The van der Waals surface area contributed by atoms with E-state index in [0.29, 0.717) is 34.5 Å². The number of nitrogens with one attached hydrogen (secondary N) is 2. The van der Waals surface area contributed by atoms with Crippen molar-refractivity contribution in [3.63, 3.8) is 0 Å². The number of hydrogen-bond donors (Lipinski definition) is 3. The van der Waals surface area contributed by atoms with Crippen LogP contribution in [0.2, 0.25) is 5.02 Å². The summed E-state index contributed by atoms with van der Waals surface area (Å²) in [6.07, 6.45) is 1.56. The van der Waals surface area contributed by atoms with Crippen molar-refractivity contribution < 1.29 is 4.79 Å². The average Bonchev–Trinajstić information content (AvgIpc) is 2.93. The zero-order valence-electron chi connectivity index (χ0n) is 14.5. The van der Waals surface area contributed by atoms with Crippen molar-refractivity contribution in [1.82, 2.24) is 14.8 Å². The number of hydrogen-bond acceptors (Lipinski definition) is 5. The van der Waals surface area contributed by atoms with Gasteiger partial charge < -0.3 is 16.4 Å². The van der Waals surface area contributed by atoms with Crippen LogP contribution in [-0.4, -0.2) is 20.7 Å². The molecule has 0 fully saturated rings. The van der Waals surface area contributed by atoms with Crippen LogP contribution in [0.5, 0.6) is 0 Å². The van der Waals surface area contributed by atoms with Gasteiger partial charge in [-0.15, -0.1) is 0 Å². The summed E-state index contributed by atoms with van der Waals surface area (Å²) >= 11 is 6.23. The summed E-state index contributed by atoms with van der Waals surface area (Å²) in [7, 11) is 1.87. The molecule has 0 saturated carbocycles. The van der Waals surface area contributed by atoms with E-state index in [2.05, 4.69) is 20.7 Å². The maximum absolute atomic E-state index is 11.5. The SMILES string of the molecule is Cc1cc(Nc2cc(NCc3ccccc3C(N)=O)c(Cl)cn2)nn1C. The fourth-order valence-electron chi connectivity index (χ4n) is 2.50. The largest absolute Gasteiger partial charge is 0.380 e. The Hall–Kier alpha value is -3.06. The number of amides is 1. The Morgan fingerprint density at radius 3 is 2.73 bits per heavy atom. The number of carbonyl (C=O) groups excluding carboxylic acids is 1. The second-order valence-electron chi connectivity index (χ2n) is 5.84. The van der Waals surface area contributed by atoms with Gasteiger partial charge in [-0.2, -0.15) is 5.10 Å². The lowest BCUT2D eigenvalue weighted by Gasteiger charge is -2.12. The van der Waals surface area contributed by atoms with Gasteiger partial charge in [-0.05, 0) is 18.6 Å². The maximum atomic E-state index is 11.5. The van der Waals surface area contributed by atoms with Gasteiger partial charge in [-0.25, -0.2) is 4.98 Å². The number of pyridine rings is 1. The normalized spacial score (nSPS) is 10.6. The van der Waals surface area contributed by atoms with Crippen molar-refractivity contribution >= 4 is 34.8 Å². The monoisotopic (exact) mass is 370 g/mol. The standard InChI is InChI=1S/C18H19ClN6O/c1-11-7-17(24-25(11)2)23-16-8-15(14(19)10-22-16)21-9-12-5-3-4-6-13(12)18(20)26/h3-8,10H,9H2,1-2H3,(H2,20,26)(H2,21,22,23,24). The van der Waals surface area contributed by atoms with Crippen molar-refractivity contribution in [2.24, 2.45) is 12.8 Å². The number of halogens is 1. The van der Waals surface area contributed by atoms with Crippen LogP contribution in [0.15, 0.2) is 42.6 Å². The summed E-state index contributed by atoms with van der Waals surface area (Å²) in [4.78, 5) is 15.8. The lowest BCUT2D eigenvalue weighted by molar-refractivity contribution is 0.0999. The van der Waals surface area contributed by atoms with Gasteiger partial charge >= 0.3 is 0 Å². The van der Waals surface area contributed by atoms with Gasteiger partial charge in [0.15, 0.2) is 5.82 Å². The average molecular weight is 371 g/mol. The number of rotatable bonds is 6. The molecule has 0 aliphatic rings. The highest BCUT2D eigenvalue weighted by molar-refractivity contribution is 6.33. The molecule has 0 spiro atoms. The van der Waals surface area contributed by atoms with E-state index in [1.807, 2.05) is 32.2 Å². The van der Waals surface area contributed by atoms with Crippen molar-refractivity contribution in [2.45, 2.75) is 13.5 Å². The minimum atomic E-state index is -0.462. The van der Waals surface area contributed by atoms with Gasteiger partial charge in [0.05, 0.1) is 16.9 Å². The second-order valence-corrected chi connectivity index (χ2v) is 6.25. The fraction of sp³-hybridized carbons (Fsp3) is 0.167. The highest BCUT2D eigenvalue weighted by Crippen LogP contribution is 2.26. The number of aryl methyl sites for hydroxylation is 2. The number of nitrogens with zero attached hydrogens (tertiary/aromatic N) is 3. The van der Waals surface area contributed by atoms with Crippen molar-refractivity contribution in [1.29, 1.82) is 0 Å². The van der Waals surface area contributed by atoms with E-state index in [-0.39, 0.29) is 0 Å². The number of nitrogens with two attached hydrogens (primary N) is 1. The Kier molecular flexibility index (Phi) is 5.09. The lowest BCUT2D eigenvalue weighted by Crippen LogP contribution is -2.15. The predicted octanol–water partition coefficient (Wildman–Crippen LogP) is 3.23. The molecule has 8 heteroatoms. The van der Waals surface area contributed by atoms with Crippen LogP contribution in [0.25, 0.3) is 0 Å². The van der Waals surface area contributed by atoms with Crippen LogP contribution in [0, 0.1) is 6.92 Å². The van der Waals surface area contributed by atoms with E-state index >= 15 is 0 Å². The van der Waals surface area contributed by atoms with E-state index in [9.17, 15) is 4.79 Å². The summed E-state index contributed by atoms with van der Waals surface area (Å²) in [5, 5.41) is 11.2. The lowest BCUT2D eigenvalue weighted by atomic mass is 10.1. The molecule has 2 aromatic heterocycles. The number of carbonyl (C=O) groups is 1. The molecule has 0 aliphatic carbocycles. The van der Waals surface area contributed by atoms with E-state index in [1.54, 1.807) is 29.1 Å². The molecule has 3 aromatic rings. The molecule has 0 saturated heterocycles. The number of anilines is 3. The van der Waals surface area contributed by atoms with Crippen LogP contribution in [0.3, 0.4) is 0 Å². The van der Waals surface area contributed by atoms with Crippen molar-refractivity contribution in [3.8, 4) is 0 Å². The highest BCUT2D eigenvalue weighted by Gasteiger charge is 2.09. The first kappa shape index (κ1) is 17.8. The number of aromatic nitrogens is 3. The molecule has 134 valence electrons. The molecule has 2 heterocycles. The van der Waals surface area contributed by atoms with Gasteiger partial charge in [-0.1, -0.05) is 29.8 Å². The molecule has 1 aromatic carbocycles. The summed E-state index contributed by atoms with van der Waals surface area (Å²) in [5.41, 5.74) is 8.41. The Morgan fingerprint density at radius 2 is 2.04 bits per heavy atom. The smallest absolute Gasteiger partial charge is 0.249 e. The number of benzene rings is 1. The molecule has 1 amide bonds. The van der Waals surface area contributed by atoms with Gasteiger partial charge in [0, 0.05) is 37.0 Å². The quantitative estimate of drug-likeness (QED) is 0.618. The first-order valence-electron chi connectivity index (χ1n) is 7.99. The van der Waals surface area contributed by atoms with E-state index in [1.165, 1.54) is 0 Å². The third kappa shape index (κ3) is 3.94. The number of primary amides is 1. The van der Waals surface area contributed by atoms with Crippen LogP contribution in [-0.2, 0) is 13.6 Å². The molecular formula is C18H19ClN6O.